The molecule has 0 radical (unpaired) electrons. The number of halogens is 2. The highest BCUT2D eigenvalue weighted by Crippen LogP contribution is 2.26. The molecule has 2 N–H and O–H groups in total. The van der Waals surface area contributed by atoms with Crippen molar-refractivity contribution < 1.29 is 8.78 Å². The molecule has 5 nitrogen and oxygen atoms in total. The van der Waals surface area contributed by atoms with Crippen LogP contribution in [0.1, 0.15) is 13.3 Å². The first-order chi connectivity index (χ1) is 8.45. The van der Waals surface area contributed by atoms with Gasteiger partial charge in [-0.1, -0.05) is 24.8 Å². The van der Waals surface area contributed by atoms with Crippen molar-refractivity contribution in [2.75, 3.05) is 5.84 Å². The van der Waals surface area contributed by atoms with Crippen LogP contribution >= 0.6 is 11.8 Å². The predicted molar refractivity (Wildman–Crippen MR) is 66.1 cm³/mol. The van der Waals surface area contributed by atoms with Crippen LogP contribution in [0.2, 0.25) is 0 Å². The summed E-state index contributed by atoms with van der Waals surface area (Å²) in [5.74, 6) is 4.55. The highest BCUT2D eigenvalue weighted by atomic mass is 32.2. The fraction of sp³-hybridized carbons (Fsp3) is 0.500. The van der Waals surface area contributed by atoms with Crippen LogP contribution in [0.5, 0.6) is 0 Å². The molecule has 2 atom stereocenters. The molecule has 0 saturated carbocycles. The zero-order chi connectivity index (χ0) is 13.7. The average molecular weight is 276 g/mol. The Morgan fingerprint density at radius 1 is 1.67 bits per heavy atom. The molecule has 1 aromatic rings. The number of nitrogen functional groups attached to an aromatic ring is 1. The Labute approximate surface area is 107 Å². The van der Waals surface area contributed by atoms with E-state index >= 15 is 0 Å². The van der Waals surface area contributed by atoms with Gasteiger partial charge in [0, 0.05) is 11.2 Å². The normalized spacial score (nSPS) is 14.4. The van der Waals surface area contributed by atoms with Crippen LogP contribution in [0.15, 0.2) is 28.8 Å². The van der Waals surface area contributed by atoms with Gasteiger partial charge in [0.05, 0.1) is 0 Å². The maximum atomic E-state index is 12.4. The van der Waals surface area contributed by atoms with Crippen molar-refractivity contribution >= 4 is 11.8 Å². The van der Waals surface area contributed by atoms with Gasteiger partial charge in [0.15, 0.2) is 5.03 Å². The molecular formula is C10H14F2N4OS. The molecule has 0 aliphatic rings. The number of nitrogens with zero attached hydrogens (tertiary/aromatic N) is 3. The van der Waals surface area contributed by atoms with Gasteiger partial charge in [-0.25, -0.2) is 13.5 Å². The summed E-state index contributed by atoms with van der Waals surface area (Å²) in [6.45, 7) is 5.01. The summed E-state index contributed by atoms with van der Waals surface area (Å²) in [6.07, 6.45) is 0.392. The van der Waals surface area contributed by atoms with Crippen molar-refractivity contribution in [3.8, 4) is 0 Å². The van der Waals surface area contributed by atoms with E-state index in [2.05, 4.69) is 16.8 Å². The minimum atomic E-state index is -2.40. The number of thioether (sulfide) groups is 1. The second-order valence-corrected chi connectivity index (χ2v) is 5.02. The quantitative estimate of drug-likeness (QED) is 0.481. The molecule has 0 bridgehead atoms. The summed E-state index contributed by atoms with van der Waals surface area (Å²) >= 11 is 1.04. The van der Waals surface area contributed by atoms with Gasteiger partial charge in [-0.15, -0.1) is 16.8 Å². The second-order valence-electron chi connectivity index (χ2n) is 3.79. The zero-order valence-electron chi connectivity index (χ0n) is 9.79. The third-order valence-corrected chi connectivity index (χ3v) is 3.47. The lowest BCUT2D eigenvalue weighted by atomic mass is 10.1. The SMILES string of the molecule is C=CC(CC(C)C(F)F)Sc1nncn(N)c1=O. The largest absolute Gasteiger partial charge is 0.335 e. The summed E-state index contributed by atoms with van der Waals surface area (Å²) in [5, 5.41) is 6.92. The monoisotopic (exact) mass is 276 g/mol. The van der Waals surface area contributed by atoms with Crippen LogP contribution in [-0.4, -0.2) is 26.5 Å². The number of aromatic nitrogens is 3. The summed E-state index contributed by atoms with van der Waals surface area (Å²) in [6, 6.07) is 0. The Morgan fingerprint density at radius 2 is 2.33 bits per heavy atom. The lowest BCUT2D eigenvalue weighted by Crippen LogP contribution is -2.30. The third-order valence-electron chi connectivity index (χ3n) is 2.30. The molecule has 0 spiro atoms. The first-order valence-corrected chi connectivity index (χ1v) is 6.10. The maximum absolute atomic E-state index is 12.4. The number of alkyl halides is 2. The van der Waals surface area contributed by atoms with Crippen LogP contribution in [-0.2, 0) is 0 Å². The van der Waals surface area contributed by atoms with E-state index in [-0.39, 0.29) is 16.7 Å². The number of hydrogen-bond acceptors (Lipinski definition) is 5. The lowest BCUT2D eigenvalue weighted by molar-refractivity contribution is 0.0831. The standard InChI is InChI=1S/C10H14F2N4OS/c1-3-7(4-6(2)8(11)12)18-9-10(17)16(13)5-14-15-9/h3,5-8H,1,4,13H2,2H3. The van der Waals surface area contributed by atoms with Gasteiger partial charge in [-0.2, -0.15) is 0 Å². The maximum Gasteiger partial charge on any atom is 0.304 e. The molecule has 0 saturated heterocycles. The minimum Gasteiger partial charge on any atom is -0.335 e. The van der Waals surface area contributed by atoms with Gasteiger partial charge in [0.2, 0.25) is 6.43 Å². The van der Waals surface area contributed by atoms with E-state index in [1.54, 1.807) is 0 Å². The van der Waals surface area contributed by atoms with Gasteiger partial charge >= 0.3 is 5.56 Å². The number of hydrogen-bond donors (Lipinski definition) is 1. The van der Waals surface area contributed by atoms with Crippen LogP contribution in [0.4, 0.5) is 8.78 Å². The molecule has 1 rings (SSSR count). The van der Waals surface area contributed by atoms with Crippen LogP contribution in [0, 0.1) is 5.92 Å². The molecule has 100 valence electrons. The van der Waals surface area contributed by atoms with Crippen molar-refractivity contribution in [1.29, 1.82) is 0 Å². The fourth-order valence-electron chi connectivity index (χ4n) is 1.22. The number of nitrogens with two attached hydrogens (primary N) is 1. The van der Waals surface area contributed by atoms with Gasteiger partial charge in [0.25, 0.3) is 0 Å². The van der Waals surface area contributed by atoms with Crippen LogP contribution in [0.3, 0.4) is 0 Å². The zero-order valence-corrected chi connectivity index (χ0v) is 10.6. The Balaban J connectivity index is 2.77. The molecule has 0 amide bonds. The highest BCUT2D eigenvalue weighted by molar-refractivity contribution is 8.00. The first-order valence-electron chi connectivity index (χ1n) is 5.22. The molecule has 1 heterocycles. The number of rotatable bonds is 6. The summed E-state index contributed by atoms with van der Waals surface area (Å²) in [4.78, 5) is 11.6. The Morgan fingerprint density at radius 3 is 2.89 bits per heavy atom. The van der Waals surface area contributed by atoms with E-state index in [0.29, 0.717) is 0 Å². The third kappa shape index (κ3) is 3.80. The van der Waals surface area contributed by atoms with Gasteiger partial charge in [0.1, 0.15) is 6.33 Å². The topological polar surface area (TPSA) is 73.8 Å². The van der Waals surface area contributed by atoms with Gasteiger partial charge < -0.3 is 5.84 Å². The van der Waals surface area contributed by atoms with E-state index in [9.17, 15) is 13.6 Å². The molecule has 0 aromatic carbocycles. The molecular weight excluding hydrogens is 262 g/mol. The van der Waals surface area contributed by atoms with Crippen LogP contribution < -0.4 is 11.4 Å². The summed E-state index contributed by atoms with van der Waals surface area (Å²) in [5.41, 5.74) is -0.508. The molecule has 2 unspecified atom stereocenters. The van der Waals surface area contributed by atoms with E-state index in [0.717, 1.165) is 22.8 Å². The van der Waals surface area contributed by atoms with E-state index < -0.39 is 17.9 Å². The average Bonchev–Trinajstić information content (AvgIpc) is 2.33. The minimum absolute atomic E-state index is 0.0753. The first kappa shape index (κ1) is 14.6. The molecule has 0 fully saturated rings. The molecule has 18 heavy (non-hydrogen) atoms. The predicted octanol–water partition coefficient (Wildman–Crippen LogP) is 1.29. The van der Waals surface area contributed by atoms with Gasteiger partial charge in [-0.05, 0) is 6.42 Å². The molecule has 1 aromatic heterocycles. The van der Waals surface area contributed by atoms with E-state index in [4.69, 9.17) is 5.84 Å². The van der Waals surface area contributed by atoms with Crippen LogP contribution in [0.25, 0.3) is 0 Å². The highest BCUT2D eigenvalue weighted by Gasteiger charge is 2.21. The van der Waals surface area contributed by atoms with Crippen molar-refractivity contribution in [2.24, 2.45) is 5.92 Å². The molecule has 0 aliphatic carbocycles. The van der Waals surface area contributed by atoms with Crippen molar-refractivity contribution in [3.63, 3.8) is 0 Å². The Kier molecular flexibility index (Phi) is 5.26. The lowest BCUT2D eigenvalue weighted by Gasteiger charge is -2.16. The van der Waals surface area contributed by atoms with Crippen molar-refractivity contribution in [3.05, 3.63) is 29.3 Å². The second kappa shape index (κ2) is 6.48. The van der Waals surface area contributed by atoms with Gasteiger partial charge in [-0.3, -0.25) is 4.79 Å². The summed E-state index contributed by atoms with van der Waals surface area (Å²) in [7, 11) is 0. The summed E-state index contributed by atoms with van der Waals surface area (Å²) < 4.78 is 25.7. The van der Waals surface area contributed by atoms with E-state index in [1.807, 2.05) is 0 Å². The molecule has 0 aliphatic heterocycles. The fourth-order valence-corrected chi connectivity index (χ4v) is 2.30. The smallest absolute Gasteiger partial charge is 0.304 e. The Bertz CT molecular complexity index is 465. The van der Waals surface area contributed by atoms with E-state index in [1.165, 1.54) is 13.0 Å². The van der Waals surface area contributed by atoms with Crippen molar-refractivity contribution in [1.82, 2.24) is 14.9 Å². The molecule has 8 heteroatoms. The van der Waals surface area contributed by atoms with Crippen molar-refractivity contribution in [2.45, 2.75) is 30.0 Å². The Hall–Kier alpha value is -1.44.